The number of fused-ring (bicyclic) bond motifs is 1. The second kappa shape index (κ2) is 6.58. The van der Waals surface area contributed by atoms with E-state index in [1.165, 1.54) is 0 Å². The Morgan fingerprint density at radius 3 is 2.90 bits per heavy atom. The first-order valence-electron chi connectivity index (χ1n) is 7.01. The van der Waals surface area contributed by atoms with Crippen LogP contribution in [0.5, 0.6) is 0 Å². The summed E-state index contributed by atoms with van der Waals surface area (Å²) in [6, 6.07) is 5.04. The summed E-state index contributed by atoms with van der Waals surface area (Å²) >= 11 is 0. The number of hydrogen-bond acceptors (Lipinski definition) is 5. The van der Waals surface area contributed by atoms with E-state index in [4.69, 9.17) is 15.2 Å². The predicted molar refractivity (Wildman–Crippen MR) is 80.8 cm³/mol. The lowest BCUT2D eigenvalue weighted by molar-refractivity contribution is -0.147. The molecule has 0 saturated carbocycles. The van der Waals surface area contributed by atoms with Crippen molar-refractivity contribution < 1.29 is 14.3 Å². The van der Waals surface area contributed by atoms with Gasteiger partial charge in [0, 0.05) is 7.11 Å². The van der Waals surface area contributed by atoms with Gasteiger partial charge in [0.05, 0.1) is 17.8 Å². The molecule has 0 bridgehead atoms. The summed E-state index contributed by atoms with van der Waals surface area (Å²) in [5, 5.41) is 0. The Morgan fingerprint density at radius 2 is 2.24 bits per heavy atom. The lowest BCUT2D eigenvalue weighted by Gasteiger charge is -2.16. The number of nitrogens with two attached hydrogens (primary N) is 1. The van der Waals surface area contributed by atoms with Gasteiger partial charge in [-0.25, -0.2) is 9.78 Å². The quantitative estimate of drug-likeness (QED) is 0.652. The van der Waals surface area contributed by atoms with Gasteiger partial charge in [0.25, 0.3) is 0 Å². The van der Waals surface area contributed by atoms with Crippen molar-refractivity contribution in [2.24, 2.45) is 0 Å². The van der Waals surface area contributed by atoms with Crippen LogP contribution in [0.25, 0.3) is 11.0 Å². The fraction of sp³-hybridized carbons (Fsp3) is 0.467. The molecule has 6 nitrogen and oxygen atoms in total. The van der Waals surface area contributed by atoms with E-state index in [1.54, 1.807) is 20.1 Å². The number of nitrogen functional groups attached to an aromatic ring is 1. The van der Waals surface area contributed by atoms with Crippen molar-refractivity contribution in [1.82, 2.24) is 9.55 Å². The van der Waals surface area contributed by atoms with E-state index in [0.29, 0.717) is 30.2 Å². The van der Waals surface area contributed by atoms with E-state index >= 15 is 0 Å². The molecule has 1 aromatic heterocycles. The number of ether oxygens (including phenoxy) is 2. The van der Waals surface area contributed by atoms with Crippen molar-refractivity contribution >= 4 is 22.7 Å². The molecule has 0 aliphatic carbocycles. The number of imidazole rings is 1. The highest BCUT2D eigenvalue weighted by molar-refractivity contribution is 5.89. The molecule has 0 aliphatic heterocycles. The molecular formula is C15H21N3O3. The van der Waals surface area contributed by atoms with Crippen molar-refractivity contribution in [2.45, 2.75) is 32.9 Å². The molecule has 1 unspecified atom stereocenters. The van der Waals surface area contributed by atoms with Gasteiger partial charge in [0.15, 0.2) is 0 Å². The van der Waals surface area contributed by atoms with E-state index < -0.39 is 6.04 Å². The number of esters is 1. The van der Waals surface area contributed by atoms with Crippen LogP contribution in [0.2, 0.25) is 0 Å². The maximum absolute atomic E-state index is 12.1. The molecule has 114 valence electrons. The number of nitrogens with zero attached hydrogens (tertiary/aromatic N) is 2. The van der Waals surface area contributed by atoms with Crippen molar-refractivity contribution in [3.8, 4) is 0 Å². The summed E-state index contributed by atoms with van der Waals surface area (Å²) in [6.07, 6.45) is 0.793. The van der Waals surface area contributed by atoms with Crippen LogP contribution in [-0.4, -0.2) is 29.2 Å². The third-order valence-electron chi connectivity index (χ3n) is 3.27. The molecule has 2 rings (SSSR count). The molecule has 0 radical (unpaired) electrons. The van der Waals surface area contributed by atoms with E-state index in [1.807, 2.05) is 23.6 Å². The average Bonchev–Trinajstić information content (AvgIpc) is 2.84. The fourth-order valence-corrected chi connectivity index (χ4v) is 2.28. The van der Waals surface area contributed by atoms with Crippen LogP contribution in [0, 0.1) is 0 Å². The number of aromatic nitrogens is 2. The Morgan fingerprint density at radius 1 is 1.48 bits per heavy atom. The Hall–Kier alpha value is -2.08. The van der Waals surface area contributed by atoms with Gasteiger partial charge in [0.2, 0.25) is 0 Å². The van der Waals surface area contributed by atoms with Gasteiger partial charge in [-0.2, -0.15) is 0 Å². The number of carbonyl (C=O) groups excluding carboxylic acids is 1. The van der Waals surface area contributed by atoms with Crippen LogP contribution in [0.15, 0.2) is 18.2 Å². The van der Waals surface area contributed by atoms with Crippen LogP contribution in [0.4, 0.5) is 5.69 Å². The van der Waals surface area contributed by atoms with Crippen LogP contribution in [-0.2, 0) is 20.9 Å². The molecule has 2 aromatic rings. The summed E-state index contributed by atoms with van der Waals surface area (Å²) in [7, 11) is 1.59. The first-order valence-corrected chi connectivity index (χ1v) is 7.01. The largest absolute Gasteiger partial charge is 0.464 e. The first-order chi connectivity index (χ1) is 10.1. The Balaban J connectivity index is 2.47. The van der Waals surface area contributed by atoms with Gasteiger partial charge in [-0.1, -0.05) is 13.0 Å². The van der Waals surface area contributed by atoms with Crippen molar-refractivity contribution in [1.29, 1.82) is 0 Å². The van der Waals surface area contributed by atoms with Gasteiger partial charge in [-0.15, -0.1) is 0 Å². The van der Waals surface area contributed by atoms with Crippen LogP contribution < -0.4 is 5.73 Å². The average molecular weight is 291 g/mol. The topological polar surface area (TPSA) is 79.4 Å². The summed E-state index contributed by atoms with van der Waals surface area (Å²) in [4.78, 5) is 16.6. The molecule has 1 aromatic carbocycles. The zero-order valence-electron chi connectivity index (χ0n) is 12.6. The zero-order valence-corrected chi connectivity index (χ0v) is 12.6. The molecule has 1 atom stereocenters. The normalized spacial score (nSPS) is 12.5. The highest BCUT2D eigenvalue weighted by atomic mass is 16.5. The molecule has 0 fully saturated rings. The second-order valence-corrected chi connectivity index (χ2v) is 4.89. The minimum atomic E-state index is -0.478. The SMILES string of the molecule is CCCOC(=O)C(C)n1c(COC)nc2c(N)cccc21. The maximum Gasteiger partial charge on any atom is 0.328 e. The monoisotopic (exact) mass is 291 g/mol. The van der Waals surface area contributed by atoms with Crippen molar-refractivity contribution in [2.75, 3.05) is 19.5 Å². The number of rotatable bonds is 6. The highest BCUT2D eigenvalue weighted by Gasteiger charge is 2.23. The van der Waals surface area contributed by atoms with E-state index in [0.717, 1.165) is 11.9 Å². The Bertz CT molecular complexity index is 636. The minimum absolute atomic E-state index is 0.282. The number of carbonyl (C=O) groups is 1. The molecule has 0 amide bonds. The highest BCUT2D eigenvalue weighted by Crippen LogP contribution is 2.26. The van der Waals surface area contributed by atoms with Gasteiger partial charge in [-0.3, -0.25) is 0 Å². The van der Waals surface area contributed by atoms with Crippen molar-refractivity contribution in [3.05, 3.63) is 24.0 Å². The van der Waals surface area contributed by atoms with Crippen LogP contribution in [0.3, 0.4) is 0 Å². The van der Waals surface area contributed by atoms with E-state index in [9.17, 15) is 4.79 Å². The van der Waals surface area contributed by atoms with E-state index in [-0.39, 0.29) is 5.97 Å². The van der Waals surface area contributed by atoms with Gasteiger partial charge in [0.1, 0.15) is 24.0 Å². The maximum atomic E-state index is 12.1. The number of methoxy groups -OCH3 is 1. The first kappa shape index (κ1) is 15.3. The standard InChI is InChI=1S/C15H21N3O3/c1-4-8-21-15(19)10(2)18-12-7-5-6-11(16)14(12)17-13(18)9-20-3/h5-7,10H,4,8-9,16H2,1-3H3. The fourth-order valence-electron chi connectivity index (χ4n) is 2.28. The molecule has 0 aliphatic rings. The Kier molecular flexibility index (Phi) is 4.80. The third-order valence-corrected chi connectivity index (χ3v) is 3.27. The molecule has 2 N–H and O–H groups in total. The minimum Gasteiger partial charge on any atom is -0.464 e. The van der Waals surface area contributed by atoms with Crippen LogP contribution >= 0.6 is 0 Å². The molecule has 0 spiro atoms. The summed E-state index contributed by atoms with van der Waals surface area (Å²) < 4.78 is 12.2. The molecule has 1 heterocycles. The van der Waals surface area contributed by atoms with Crippen molar-refractivity contribution in [3.63, 3.8) is 0 Å². The Labute approximate surface area is 123 Å². The van der Waals surface area contributed by atoms with Crippen LogP contribution in [0.1, 0.15) is 32.1 Å². The number of hydrogen-bond donors (Lipinski definition) is 1. The predicted octanol–water partition coefficient (Wildman–Crippen LogP) is 2.28. The summed E-state index contributed by atoms with van der Waals surface area (Å²) in [5.41, 5.74) is 8.03. The van der Waals surface area contributed by atoms with Gasteiger partial charge >= 0.3 is 5.97 Å². The van der Waals surface area contributed by atoms with Gasteiger partial charge in [-0.05, 0) is 25.5 Å². The second-order valence-electron chi connectivity index (χ2n) is 4.89. The molecule has 6 heteroatoms. The molecule has 21 heavy (non-hydrogen) atoms. The van der Waals surface area contributed by atoms with Gasteiger partial charge < -0.3 is 19.8 Å². The zero-order chi connectivity index (χ0) is 15.4. The number of para-hydroxylation sites is 1. The molecule has 0 saturated heterocycles. The summed E-state index contributed by atoms with van der Waals surface area (Å²) in [5.74, 6) is 0.377. The lowest BCUT2D eigenvalue weighted by Crippen LogP contribution is -2.21. The lowest BCUT2D eigenvalue weighted by atomic mass is 10.2. The number of benzene rings is 1. The number of anilines is 1. The molecular weight excluding hydrogens is 270 g/mol. The summed E-state index contributed by atoms with van der Waals surface area (Å²) in [6.45, 7) is 4.47. The smallest absolute Gasteiger partial charge is 0.328 e. The van der Waals surface area contributed by atoms with E-state index in [2.05, 4.69) is 4.98 Å². The third kappa shape index (κ3) is 3.00.